The number of carbonyl (C=O) groups is 1. The predicted molar refractivity (Wildman–Crippen MR) is 84.6 cm³/mol. The molecule has 1 heterocycles. The summed E-state index contributed by atoms with van der Waals surface area (Å²) in [5.74, 6) is 0.0533. The molecule has 0 fully saturated rings. The Morgan fingerprint density at radius 1 is 1.33 bits per heavy atom. The largest absolute Gasteiger partial charge is 0.353 e. The number of nitrogens with zero attached hydrogens (tertiary/aromatic N) is 2. The van der Waals surface area contributed by atoms with Crippen LogP contribution < -0.4 is 5.32 Å². The quantitative estimate of drug-likeness (QED) is 0.829. The van der Waals surface area contributed by atoms with Crippen molar-refractivity contribution < 1.29 is 4.79 Å². The molecule has 0 atom stereocenters. The minimum Gasteiger partial charge on any atom is -0.353 e. The first-order chi connectivity index (χ1) is 10.1. The zero-order chi connectivity index (χ0) is 15.2. The fraction of sp³-hybridized carbons (Fsp3) is 0.294. The van der Waals surface area contributed by atoms with Crippen LogP contribution in [0.1, 0.15) is 23.4 Å². The van der Waals surface area contributed by atoms with Gasteiger partial charge in [-0.2, -0.15) is 5.10 Å². The van der Waals surface area contributed by atoms with Gasteiger partial charge in [-0.25, -0.2) is 4.68 Å². The molecule has 0 unspecified atom stereocenters. The van der Waals surface area contributed by atoms with Gasteiger partial charge in [0.05, 0.1) is 11.4 Å². The van der Waals surface area contributed by atoms with E-state index in [0.717, 1.165) is 29.1 Å². The molecule has 110 valence electrons. The number of amides is 1. The summed E-state index contributed by atoms with van der Waals surface area (Å²) in [5, 5.41) is 7.24. The lowest BCUT2D eigenvalue weighted by Gasteiger charge is -2.06. The Bertz CT molecular complexity index is 626. The summed E-state index contributed by atoms with van der Waals surface area (Å²) in [6, 6.07) is 10.2. The lowest BCUT2D eigenvalue weighted by Crippen LogP contribution is -2.23. The minimum absolute atomic E-state index is 0.0533. The molecule has 0 saturated heterocycles. The number of aryl methyl sites for hydroxylation is 3. The third-order valence-electron chi connectivity index (χ3n) is 3.27. The Balaban J connectivity index is 1.97. The van der Waals surface area contributed by atoms with Gasteiger partial charge in [-0.15, -0.1) is 6.58 Å². The molecule has 0 radical (unpaired) electrons. The van der Waals surface area contributed by atoms with Crippen molar-refractivity contribution in [3.8, 4) is 5.69 Å². The molecule has 0 spiro atoms. The highest BCUT2D eigenvalue weighted by molar-refractivity contribution is 5.76. The maximum Gasteiger partial charge on any atom is 0.220 e. The van der Waals surface area contributed by atoms with Crippen LogP contribution >= 0.6 is 0 Å². The van der Waals surface area contributed by atoms with E-state index in [1.807, 2.05) is 42.8 Å². The molecule has 1 N–H and O–H groups in total. The van der Waals surface area contributed by atoms with Crippen molar-refractivity contribution in [3.05, 3.63) is 59.9 Å². The van der Waals surface area contributed by atoms with Gasteiger partial charge in [-0.1, -0.05) is 18.2 Å². The van der Waals surface area contributed by atoms with Crippen molar-refractivity contribution in [2.75, 3.05) is 6.54 Å². The fourth-order valence-corrected chi connectivity index (χ4v) is 2.23. The molecule has 21 heavy (non-hydrogen) atoms. The normalized spacial score (nSPS) is 10.4. The molecule has 0 bridgehead atoms. The molecular formula is C17H21N3O. The average molecular weight is 283 g/mol. The number of aromatic nitrogens is 2. The van der Waals surface area contributed by atoms with Crippen LogP contribution in [-0.2, 0) is 11.2 Å². The standard InChI is InChI=1S/C17H21N3O/c1-4-11-18-17(21)10-7-15-5-8-16(9-6-15)20-14(3)12-13(2)19-20/h4-6,8-9,12H,1,7,10-11H2,2-3H3,(H,18,21). The maximum absolute atomic E-state index is 11.5. The average Bonchev–Trinajstić information content (AvgIpc) is 2.82. The highest BCUT2D eigenvalue weighted by Gasteiger charge is 2.05. The number of rotatable bonds is 6. The summed E-state index contributed by atoms with van der Waals surface area (Å²) in [7, 11) is 0. The Hall–Kier alpha value is -2.36. The lowest BCUT2D eigenvalue weighted by molar-refractivity contribution is -0.120. The van der Waals surface area contributed by atoms with E-state index in [1.54, 1.807) is 6.08 Å². The zero-order valence-electron chi connectivity index (χ0n) is 12.6. The van der Waals surface area contributed by atoms with Crippen molar-refractivity contribution >= 4 is 5.91 Å². The highest BCUT2D eigenvalue weighted by Crippen LogP contribution is 2.13. The van der Waals surface area contributed by atoms with Gasteiger partial charge in [0, 0.05) is 18.7 Å². The van der Waals surface area contributed by atoms with Crippen molar-refractivity contribution in [1.29, 1.82) is 0 Å². The Morgan fingerprint density at radius 2 is 2.05 bits per heavy atom. The second-order valence-electron chi connectivity index (χ2n) is 5.10. The van der Waals surface area contributed by atoms with E-state index >= 15 is 0 Å². The summed E-state index contributed by atoms with van der Waals surface area (Å²) in [5.41, 5.74) is 4.31. The Labute approximate surface area is 125 Å². The number of hydrogen-bond donors (Lipinski definition) is 1. The predicted octanol–water partition coefficient (Wildman–Crippen LogP) is 2.72. The molecule has 4 heteroatoms. The smallest absolute Gasteiger partial charge is 0.220 e. The van der Waals surface area contributed by atoms with Crippen molar-refractivity contribution in [2.45, 2.75) is 26.7 Å². The van der Waals surface area contributed by atoms with Crippen molar-refractivity contribution in [1.82, 2.24) is 15.1 Å². The highest BCUT2D eigenvalue weighted by atomic mass is 16.1. The Kier molecular flexibility index (Phi) is 4.93. The summed E-state index contributed by atoms with van der Waals surface area (Å²) in [4.78, 5) is 11.5. The van der Waals surface area contributed by atoms with E-state index < -0.39 is 0 Å². The van der Waals surface area contributed by atoms with Gasteiger partial charge in [-0.3, -0.25) is 4.79 Å². The van der Waals surface area contributed by atoms with Crippen LogP contribution in [0, 0.1) is 13.8 Å². The monoisotopic (exact) mass is 283 g/mol. The third kappa shape index (κ3) is 4.05. The van der Waals surface area contributed by atoms with Gasteiger partial charge in [0.25, 0.3) is 0 Å². The van der Waals surface area contributed by atoms with Gasteiger partial charge < -0.3 is 5.32 Å². The number of hydrogen-bond acceptors (Lipinski definition) is 2. The van der Waals surface area contributed by atoms with Crippen LogP contribution in [0.25, 0.3) is 5.69 Å². The number of nitrogens with one attached hydrogen (secondary N) is 1. The molecule has 0 aliphatic heterocycles. The molecule has 1 aromatic heterocycles. The van der Waals surface area contributed by atoms with Crippen LogP contribution in [-0.4, -0.2) is 22.2 Å². The van der Waals surface area contributed by atoms with Gasteiger partial charge in [0.1, 0.15) is 0 Å². The minimum atomic E-state index is 0.0533. The van der Waals surface area contributed by atoms with Gasteiger partial charge >= 0.3 is 0 Å². The van der Waals surface area contributed by atoms with E-state index in [9.17, 15) is 4.79 Å². The first-order valence-electron chi connectivity index (χ1n) is 7.10. The third-order valence-corrected chi connectivity index (χ3v) is 3.27. The SMILES string of the molecule is C=CCNC(=O)CCc1ccc(-n2nc(C)cc2C)cc1. The summed E-state index contributed by atoms with van der Waals surface area (Å²) in [6.45, 7) is 8.12. The molecule has 2 aromatic rings. The summed E-state index contributed by atoms with van der Waals surface area (Å²) in [6.07, 6.45) is 2.91. The molecule has 0 aliphatic carbocycles. The number of benzene rings is 1. The van der Waals surface area contributed by atoms with Crippen LogP contribution in [0.5, 0.6) is 0 Å². The van der Waals surface area contributed by atoms with E-state index in [2.05, 4.69) is 23.1 Å². The first kappa shape index (κ1) is 15.0. The van der Waals surface area contributed by atoms with Crippen molar-refractivity contribution in [2.24, 2.45) is 0 Å². The van der Waals surface area contributed by atoms with Crippen LogP contribution in [0.3, 0.4) is 0 Å². The van der Waals surface area contributed by atoms with E-state index in [-0.39, 0.29) is 5.91 Å². The van der Waals surface area contributed by atoms with Gasteiger partial charge in [0.2, 0.25) is 5.91 Å². The second kappa shape index (κ2) is 6.88. The number of carbonyl (C=O) groups excluding carboxylic acids is 1. The van der Waals surface area contributed by atoms with Gasteiger partial charge in [0.15, 0.2) is 0 Å². The first-order valence-corrected chi connectivity index (χ1v) is 7.10. The fourth-order valence-electron chi connectivity index (χ4n) is 2.23. The van der Waals surface area contributed by atoms with Crippen molar-refractivity contribution in [3.63, 3.8) is 0 Å². The molecule has 4 nitrogen and oxygen atoms in total. The van der Waals surface area contributed by atoms with E-state index in [4.69, 9.17) is 0 Å². The zero-order valence-corrected chi connectivity index (χ0v) is 12.6. The van der Waals surface area contributed by atoms with E-state index in [1.165, 1.54) is 0 Å². The molecule has 1 aromatic carbocycles. The van der Waals surface area contributed by atoms with Crippen LogP contribution in [0.2, 0.25) is 0 Å². The van der Waals surface area contributed by atoms with Crippen LogP contribution in [0.15, 0.2) is 43.0 Å². The van der Waals surface area contributed by atoms with E-state index in [0.29, 0.717) is 13.0 Å². The maximum atomic E-state index is 11.5. The lowest BCUT2D eigenvalue weighted by atomic mass is 10.1. The summed E-state index contributed by atoms with van der Waals surface area (Å²) < 4.78 is 1.93. The Morgan fingerprint density at radius 3 is 2.62 bits per heavy atom. The molecular weight excluding hydrogens is 262 g/mol. The van der Waals surface area contributed by atoms with Gasteiger partial charge in [-0.05, 0) is 44.0 Å². The molecule has 1 amide bonds. The molecule has 0 aliphatic rings. The molecule has 0 saturated carbocycles. The topological polar surface area (TPSA) is 46.9 Å². The second-order valence-corrected chi connectivity index (χ2v) is 5.10. The van der Waals surface area contributed by atoms with Crippen LogP contribution in [0.4, 0.5) is 0 Å². The summed E-state index contributed by atoms with van der Waals surface area (Å²) >= 11 is 0. The molecule has 2 rings (SSSR count).